The van der Waals surface area contributed by atoms with Crippen LogP contribution in [-0.4, -0.2) is 27.3 Å². The van der Waals surface area contributed by atoms with E-state index in [1.54, 1.807) is 18.2 Å². The first-order valence-electron chi connectivity index (χ1n) is 5.45. The number of benzene rings is 1. The number of hydrogen-bond acceptors (Lipinski definition) is 4. The molecule has 5 heteroatoms. The Balaban J connectivity index is 1.98. The molecule has 1 aliphatic rings. The fourth-order valence-electron chi connectivity index (χ4n) is 2.04. The highest BCUT2D eigenvalue weighted by Gasteiger charge is 2.30. The van der Waals surface area contributed by atoms with Gasteiger partial charge in [-0.2, -0.15) is 0 Å². The number of aliphatic hydroxyl groups excluding tert-OH is 1. The number of nitrogens with zero attached hydrogens (tertiary/aromatic N) is 1. The lowest BCUT2D eigenvalue weighted by Gasteiger charge is -2.29. The number of aromatic carboxylic acids is 1. The molecule has 0 aliphatic heterocycles. The molecule has 2 aromatic rings. The van der Waals surface area contributed by atoms with Crippen LogP contribution in [0.4, 0.5) is 0 Å². The van der Waals surface area contributed by atoms with E-state index in [4.69, 9.17) is 5.11 Å². The molecule has 0 unspecified atom stereocenters. The van der Waals surface area contributed by atoms with Crippen molar-refractivity contribution in [2.24, 2.45) is 0 Å². The van der Waals surface area contributed by atoms with Crippen LogP contribution in [0.2, 0.25) is 0 Å². The van der Waals surface area contributed by atoms with E-state index in [1.807, 2.05) is 0 Å². The van der Waals surface area contributed by atoms with E-state index in [2.05, 4.69) is 4.98 Å². The van der Waals surface area contributed by atoms with Gasteiger partial charge in [0, 0.05) is 5.92 Å². The zero-order valence-electron chi connectivity index (χ0n) is 8.96. The molecule has 0 atom stereocenters. The number of carbonyl (C=O) groups is 1. The summed E-state index contributed by atoms with van der Waals surface area (Å²) in [5.41, 5.74) is 1.14. The molecule has 1 fully saturated rings. The Morgan fingerprint density at radius 2 is 2.18 bits per heavy atom. The summed E-state index contributed by atoms with van der Waals surface area (Å²) in [6, 6.07) is 4.98. The molecule has 0 spiro atoms. The molecule has 88 valence electrons. The Morgan fingerprint density at radius 3 is 2.82 bits per heavy atom. The van der Waals surface area contributed by atoms with Crippen molar-refractivity contribution >= 4 is 27.5 Å². The van der Waals surface area contributed by atoms with Crippen molar-refractivity contribution < 1.29 is 15.0 Å². The standard InChI is InChI=1S/C12H11NO3S/c14-8-3-7(4-8)11-13-9-2-1-6(12(15)16)5-10(9)17-11/h1-2,5,7-8,14H,3-4H2,(H,15,16). The lowest BCUT2D eigenvalue weighted by atomic mass is 9.83. The van der Waals surface area contributed by atoms with Crippen LogP contribution < -0.4 is 0 Å². The summed E-state index contributed by atoms with van der Waals surface area (Å²) >= 11 is 1.53. The van der Waals surface area contributed by atoms with E-state index in [9.17, 15) is 9.90 Å². The number of hydrogen-bond donors (Lipinski definition) is 2. The Bertz CT molecular complexity index is 586. The average molecular weight is 249 g/mol. The summed E-state index contributed by atoms with van der Waals surface area (Å²) in [6.07, 6.45) is 1.35. The lowest BCUT2D eigenvalue weighted by molar-refractivity contribution is 0.0696. The topological polar surface area (TPSA) is 70.4 Å². The first kappa shape index (κ1) is 10.7. The van der Waals surface area contributed by atoms with Gasteiger partial charge < -0.3 is 10.2 Å². The molecule has 1 saturated carbocycles. The molecule has 1 heterocycles. The minimum absolute atomic E-state index is 0.193. The highest BCUT2D eigenvalue weighted by Crippen LogP contribution is 2.40. The van der Waals surface area contributed by atoms with Gasteiger partial charge in [-0.15, -0.1) is 11.3 Å². The van der Waals surface area contributed by atoms with Crippen LogP contribution in [0.3, 0.4) is 0 Å². The largest absolute Gasteiger partial charge is 0.478 e. The first-order valence-corrected chi connectivity index (χ1v) is 6.27. The number of rotatable bonds is 2. The van der Waals surface area contributed by atoms with Gasteiger partial charge in [0.1, 0.15) is 0 Å². The maximum absolute atomic E-state index is 10.8. The third kappa shape index (κ3) is 1.81. The summed E-state index contributed by atoms with van der Waals surface area (Å²) in [7, 11) is 0. The number of carboxylic acids is 1. The van der Waals surface area contributed by atoms with Crippen molar-refractivity contribution in [3.8, 4) is 0 Å². The predicted molar refractivity (Wildman–Crippen MR) is 64.6 cm³/mol. The van der Waals surface area contributed by atoms with E-state index < -0.39 is 5.97 Å². The second kappa shape index (κ2) is 3.78. The molecule has 1 aromatic carbocycles. The van der Waals surface area contributed by atoms with Crippen LogP contribution in [0.1, 0.15) is 34.1 Å². The van der Waals surface area contributed by atoms with Gasteiger partial charge in [-0.3, -0.25) is 0 Å². The first-order chi connectivity index (χ1) is 8.13. The van der Waals surface area contributed by atoms with Gasteiger partial charge in [-0.25, -0.2) is 9.78 Å². The maximum atomic E-state index is 10.8. The SMILES string of the molecule is O=C(O)c1ccc2nc(C3CC(O)C3)sc2c1. The van der Waals surface area contributed by atoms with Gasteiger partial charge >= 0.3 is 5.97 Å². The summed E-state index contributed by atoms with van der Waals surface area (Å²) in [5.74, 6) is -0.573. The third-order valence-electron chi connectivity index (χ3n) is 3.11. The van der Waals surface area contributed by atoms with E-state index in [-0.39, 0.29) is 6.10 Å². The number of aromatic nitrogens is 1. The molecule has 0 bridgehead atoms. The van der Waals surface area contributed by atoms with Crippen LogP contribution >= 0.6 is 11.3 Å². The monoisotopic (exact) mass is 249 g/mol. The van der Waals surface area contributed by atoms with Crippen LogP contribution in [-0.2, 0) is 0 Å². The summed E-state index contributed by atoms with van der Waals surface area (Å²) < 4.78 is 0.904. The molecule has 2 N–H and O–H groups in total. The van der Waals surface area contributed by atoms with Crippen LogP contribution in [0.5, 0.6) is 0 Å². The number of thiazole rings is 1. The highest BCUT2D eigenvalue weighted by atomic mass is 32.1. The predicted octanol–water partition coefficient (Wildman–Crippen LogP) is 2.23. The van der Waals surface area contributed by atoms with Crippen molar-refractivity contribution in [2.75, 3.05) is 0 Å². The normalized spacial score (nSPS) is 23.6. The molecule has 4 nitrogen and oxygen atoms in total. The van der Waals surface area contributed by atoms with Gasteiger partial charge in [0.25, 0.3) is 0 Å². The number of aliphatic hydroxyl groups is 1. The molecule has 3 rings (SSSR count). The number of carboxylic acid groups (broad SMARTS) is 1. The van der Waals surface area contributed by atoms with Gasteiger partial charge in [0.2, 0.25) is 0 Å². The van der Waals surface area contributed by atoms with E-state index >= 15 is 0 Å². The maximum Gasteiger partial charge on any atom is 0.335 e. The zero-order valence-corrected chi connectivity index (χ0v) is 9.78. The summed E-state index contributed by atoms with van der Waals surface area (Å²) in [4.78, 5) is 15.3. The fraction of sp³-hybridized carbons (Fsp3) is 0.333. The van der Waals surface area contributed by atoms with Crippen molar-refractivity contribution in [2.45, 2.75) is 24.9 Å². The van der Waals surface area contributed by atoms with Gasteiger partial charge in [-0.1, -0.05) is 0 Å². The number of fused-ring (bicyclic) bond motifs is 1. The molecular weight excluding hydrogens is 238 g/mol. The Hall–Kier alpha value is -1.46. The van der Waals surface area contributed by atoms with Crippen molar-refractivity contribution in [1.82, 2.24) is 4.98 Å². The van der Waals surface area contributed by atoms with Crippen molar-refractivity contribution in [1.29, 1.82) is 0 Å². The van der Waals surface area contributed by atoms with E-state index in [0.717, 1.165) is 28.1 Å². The van der Waals surface area contributed by atoms with Gasteiger partial charge in [0.05, 0.1) is 26.9 Å². The van der Waals surface area contributed by atoms with Crippen molar-refractivity contribution in [3.63, 3.8) is 0 Å². The van der Waals surface area contributed by atoms with Gasteiger partial charge in [-0.05, 0) is 31.0 Å². The van der Waals surface area contributed by atoms with Crippen molar-refractivity contribution in [3.05, 3.63) is 28.8 Å². The van der Waals surface area contributed by atoms with E-state index in [0.29, 0.717) is 11.5 Å². The molecule has 0 saturated heterocycles. The average Bonchev–Trinajstić information content (AvgIpc) is 2.66. The second-order valence-electron chi connectivity index (χ2n) is 4.36. The fourth-order valence-corrected chi connectivity index (χ4v) is 3.17. The minimum atomic E-state index is -0.916. The third-order valence-corrected chi connectivity index (χ3v) is 4.30. The second-order valence-corrected chi connectivity index (χ2v) is 5.42. The smallest absolute Gasteiger partial charge is 0.335 e. The van der Waals surface area contributed by atoms with Crippen LogP contribution in [0.15, 0.2) is 18.2 Å². The molecule has 0 radical (unpaired) electrons. The Kier molecular flexibility index (Phi) is 2.38. The Labute approximate surface area is 102 Å². The highest BCUT2D eigenvalue weighted by molar-refractivity contribution is 7.18. The summed E-state index contributed by atoms with van der Waals surface area (Å²) in [5, 5.41) is 19.2. The molecule has 0 amide bonds. The van der Waals surface area contributed by atoms with E-state index in [1.165, 1.54) is 11.3 Å². The quantitative estimate of drug-likeness (QED) is 0.856. The Morgan fingerprint density at radius 1 is 1.41 bits per heavy atom. The minimum Gasteiger partial charge on any atom is -0.478 e. The zero-order chi connectivity index (χ0) is 12.0. The van der Waals surface area contributed by atoms with Crippen LogP contribution in [0.25, 0.3) is 10.2 Å². The molecular formula is C12H11NO3S. The molecule has 1 aromatic heterocycles. The van der Waals surface area contributed by atoms with Gasteiger partial charge in [0.15, 0.2) is 0 Å². The lowest BCUT2D eigenvalue weighted by Crippen LogP contribution is -2.26. The summed E-state index contributed by atoms with van der Waals surface area (Å²) in [6.45, 7) is 0. The molecule has 17 heavy (non-hydrogen) atoms. The molecule has 1 aliphatic carbocycles. The van der Waals surface area contributed by atoms with Crippen LogP contribution in [0, 0.1) is 0 Å².